The number of benzene rings is 2. The lowest BCUT2D eigenvalue weighted by Gasteiger charge is -2.30. The Hall–Kier alpha value is -2.48. The van der Waals surface area contributed by atoms with E-state index in [1.165, 1.54) is 4.90 Å². The van der Waals surface area contributed by atoms with Crippen molar-refractivity contribution in [2.75, 3.05) is 31.8 Å². The molecule has 0 aromatic heterocycles. The molecule has 1 unspecified atom stereocenters. The van der Waals surface area contributed by atoms with Gasteiger partial charge in [-0.2, -0.15) is 0 Å². The highest BCUT2D eigenvalue weighted by Gasteiger charge is 2.22. The van der Waals surface area contributed by atoms with Gasteiger partial charge in [0.1, 0.15) is 0 Å². The van der Waals surface area contributed by atoms with Gasteiger partial charge in [-0.1, -0.05) is 47.5 Å². The number of morpholine rings is 1. The summed E-state index contributed by atoms with van der Waals surface area (Å²) in [5.74, 6) is -0.530. The maximum Gasteiger partial charge on any atom is 0.412 e. The van der Waals surface area contributed by atoms with E-state index in [1.54, 1.807) is 24.3 Å². The molecule has 2 aromatic rings. The Morgan fingerprint density at radius 2 is 1.87 bits per heavy atom. The number of nitrogens with one attached hydrogen (secondary N) is 1. The quantitative estimate of drug-likeness (QED) is 0.508. The number of para-hydroxylation sites is 2. The highest BCUT2D eigenvalue weighted by Crippen LogP contribution is 2.33. The number of carbonyl (C=O) groups excluding carboxylic acids is 2. The van der Waals surface area contributed by atoms with E-state index in [9.17, 15) is 9.59 Å². The maximum absolute atomic E-state index is 12.2. The number of hydrogen-bond donors (Lipinski definition) is 1. The fourth-order valence-electron chi connectivity index (χ4n) is 2.98. The first kappa shape index (κ1) is 22.2. The first-order valence-corrected chi connectivity index (χ1v) is 10.2. The molecule has 0 bridgehead atoms. The standard InChI is InChI=1S/C21H22Cl2N2O5/c1-14-12-25(9-10-28-14)21(27)30-13-29-19(26)11-15-5-2-3-8-18(15)24-20-16(22)6-4-7-17(20)23/h2-8,14,24H,9-13H2,1H3. The lowest BCUT2D eigenvalue weighted by atomic mass is 10.1. The summed E-state index contributed by atoms with van der Waals surface area (Å²) in [6.07, 6.45) is -0.602. The molecular formula is C21H22Cl2N2O5. The molecule has 3 rings (SSSR count). The van der Waals surface area contributed by atoms with Crippen LogP contribution in [0.3, 0.4) is 0 Å². The molecule has 0 spiro atoms. The molecule has 0 aliphatic carbocycles. The molecule has 1 heterocycles. The van der Waals surface area contributed by atoms with Gasteiger partial charge in [0.2, 0.25) is 6.79 Å². The number of nitrogens with zero attached hydrogens (tertiary/aromatic N) is 1. The Morgan fingerprint density at radius 1 is 1.13 bits per heavy atom. The second kappa shape index (κ2) is 10.5. The summed E-state index contributed by atoms with van der Waals surface area (Å²) >= 11 is 12.4. The fraction of sp³-hybridized carbons (Fsp3) is 0.333. The summed E-state index contributed by atoms with van der Waals surface area (Å²) in [7, 11) is 0. The molecule has 1 fully saturated rings. The molecule has 9 heteroatoms. The smallest absolute Gasteiger partial charge is 0.412 e. The van der Waals surface area contributed by atoms with Gasteiger partial charge in [0.15, 0.2) is 0 Å². The van der Waals surface area contributed by atoms with Crippen molar-refractivity contribution in [2.45, 2.75) is 19.4 Å². The Labute approximate surface area is 184 Å². The van der Waals surface area contributed by atoms with Crippen molar-refractivity contribution < 1.29 is 23.8 Å². The monoisotopic (exact) mass is 452 g/mol. The van der Waals surface area contributed by atoms with Crippen LogP contribution in [-0.4, -0.2) is 49.6 Å². The second-order valence-corrected chi connectivity index (χ2v) is 7.54. The molecule has 1 aliphatic heterocycles. The van der Waals surface area contributed by atoms with E-state index in [0.717, 1.165) is 0 Å². The number of halogens is 2. The van der Waals surface area contributed by atoms with Gasteiger partial charge < -0.3 is 24.4 Å². The number of carbonyl (C=O) groups is 2. The molecular weight excluding hydrogens is 431 g/mol. The summed E-state index contributed by atoms with van der Waals surface area (Å²) in [4.78, 5) is 25.8. The zero-order valence-corrected chi connectivity index (χ0v) is 17.9. The molecule has 0 saturated carbocycles. The molecule has 7 nitrogen and oxygen atoms in total. The zero-order valence-electron chi connectivity index (χ0n) is 16.4. The van der Waals surface area contributed by atoms with Crippen LogP contribution in [0.2, 0.25) is 10.0 Å². The van der Waals surface area contributed by atoms with Gasteiger partial charge in [0.25, 0.3) is 0 Å². The van der Waals surface area contributed by atoms with Gasteiger partial charge >= 0.3 is 12.1 Å². The first-order chi connectivity index (χ1) is 14.4. The van der Waals surface area contributed by atoms with E-state index in [1.807, 2.05) is 25.1 Å². The van der Waals surface area contributed by atoms with Crippen molar-refractivity contribution in [3.05, 3.63) is 58.1 Å². The van der Waals surface area contributed by atoms with Crippen molar-refractivity contribution in [1.29, 1.82) is 0 Å². The van der Waals surface area contributed by atoms with E-state index < -0.39 is 18.9 Å². The topological polar surface area (TPSA) is 77.1 Å². The molecule has 1 aliphatic rings. The van der Waals surface area contributed by atoms with Crippen molar-refractivity contribution >= 4 is 46.6 Å². The minimum absolute atomic E-state index is 0.0165. The first-order valence-electron chi connectivity index (χ1n) is 9.42. The van der Waals surface area contributed by atoms with Crippen LogP contribution in [0.4, 0.5) is 16.2 Å². The highest BCUT2D eigenvalue weighted by molar-refractivity contribution is 6.39. The Morgan fingerprint density at radius 3 is 2.60 bits per heavy atom. The van der Waals surface area contributed by atoms with Gasteiger partial charge in [0, 0.05) is 12.2 Å². The number of amides is 1. The van der Waals surface area contributed by atoms with Gasteiger partial charge in [-0.3, -0.25) is 4.79 Å². The van der Waals surface area contributed by atoms with Crippen molar-refractivity contribution in [3.63, 3.8) is 0 Å². The third-order valence-electron chi connectivity index (χ3n) is 4.48. The summed E-state index contributed by atoms with van der Waals surface area (Å²) < 4.78 is 15.5. The lowest BCUT2D eigenvalue weighted by molar-refractivity contribution is -0.152. The third-order valence-corrected chi connectivity index (χ3v) is 5.11. The van der Waals surface area contributed by atoms with Gasteiger partial charge in [-0.25, -0.2) is 4.79 Å². The number of anilines is 2. The van der Waals surface area contributed by atoms with E-state index in [-0.39, 0.29) is 12.5 Å². The number of ether oxygens (including phenoxy) is 3. The highest BCUT2D eigenvalue weighted by atomic mass is 35.5. The van der Waals surface area contributed by atoms with Crippen LogP contribution in [0.1, 0.15) is 12.5 Å². The largest absolute Gasteiger partial charge is 0.428 e. The molecule has 1 N–H and O–H groups in total. The average Bonchev–Trinajstić information content (AvgIpc) is 2.72. The van der Waals surface area contributed by atoms with Crippen molar-refractivity contribution in [1.82, 2.24) is 4.90 Å². The zero-order chi connectivity index (χ0) is 21.5. The molecule has 1 saturated heterocycles. The predicted molar refractivity (Wildman–Crippen MR) is 114 cm³/mol. The minimum Gasteiger partial charge on any atom is -0.428 e. The van der Waals surface area contributed by atoms with E-state index in [2.05, 4.69) is 5.32 Å². The number of esters is 1. The predicted octanol–water partition coefficient (Wildman–Crippen LogP) is 4.64. The second-order valence-electron chi connectivity index (χ2n) is 6.73. The average molecular weight is 453 g/mol. The molecule has 30 heavy (non-hydrogen) atoms. The SMILES string of the molecule is CC1CN(C(=O)OCOC(=O)Cc2ccccc2Nc2c(Cl)cccc2Cl)CCO1. The van der Waals surface area contributed by atoms with Crippen LogP contribution in [0.15, 0.2) is 42.5 Å². The fourth-order valence-corrected chi connectivity index (χ4v) is 3.47. The van der Waals surface area contributed by atoms with Crippen LogP contribution in [-0.2, 0) is 25.4 Å². The molecule has 2 aromatic carbocycles. The normalized spacial score (nSPS) is 16.1. The van der Waals surface area contributed by atoms with E-state index >= 15 is 0 Å². The Bertz CT molecular complexity index is 888. The van der Waals surface area contributed by atoms with Gasteiger partial charge in [-0.05, 0) is 30.7 Å². The van der Waals surface area contributed by atoms with Crippen LogP contribution in [0.5, 0.6) is 0 Å². The summed E-state index contributed by atoms with van der Waals surface area (Å²) in [6.45, 7) is 2.77. The maximum atomic E-state index is 12.2. The number of hydrogen-bond acceptors (Lipinski definition) is 6. The van der Waals surface area contributed by atoms with Gasteiger partial charge in [0.05, 0.1) is 41.4 Å². The lowest BCUT2D eigenvalue weighted by Crippen LogP contribution is -2.45. The van der Waals surface area contributed by atoms with Crippen LogP contribution in [0.25, 0.3) is 0 Å². The number of rotatable bonds is 6. The van der Waals surface area contributed by atoms with Crippen molar-refractivity contribution in [2.24, 2.45) is 0 Å². The summed E-state index contributed by atoms with van der Waals surface area (Å²) in [6, 6.07) is 12.4. The molecule has 160 valence electrons. The molecule has 0 radical (unpaired) electrons. The summed E-state index contributed by atoms with van der Waals surface area (Å²) in [5, 5.41) is 4.08. The van der Waals surface area contributed by atoms with Gasteiger partial charge in [-0.15, -0.1) is 0 Å². The Balaban J connectivity index is 1.54. The van der Waals surface area contributed by atoms with Crippen LogP contribution in [0, 0.1) is 0 Å². The molecule has 1 amide bonds. The van der Waals surface area contributed by atoms with E-state index in [0.29, 0.717) is 46.7 Å². The minimum atomic E-state index is -0.534. The van der Waals surface area contributed by atoms with Crippen molar-refractivity contribution in [3.8, 4) is 0 Å². The van der Waals surface area contributed by atoms with Crippen LogP contribution < -0.4 is 5.32 Å². The van der Waals surface area contributed by atoms with Crippen LogP contribution >= 0.6 is 23.2 Å². The molecule has 1 atom stereocenters. The Kier molecular flexibility index (Phi) is 7.79. The third kappa shape index (κ3) is 6.01. The summed E-state index contributed by atoms with van der Waals surface area (Å²) in [5.41, 5.74) is 1.91. The van der Waals surface area contributed by atoms with E-state index in [4.69, 9.17) is 37.4 Å².